The zero-order valence-corrected chi connectivity index (χ0v) is 15.1. The summed E-state index contributed by atoms with van der Waals surface area (Å²) in [5.74, 6) is 1.27. The van der Waals surface area contributed by atoms with E-state index in [1.54, 1.807) is 31.2 Å². The van der Waals surface area contributed by atoms with Crippen molar-refractivity contribution in [2.24, 2.45) is 0 Å². The largest absolute Gasteiger partial charge is 0.461 e. The van der Waals surface area contributed by atoms with Crippen LogP contribution in [0.2, 0.25) is 0 Å². The van der Waals surface area contributed by atoms with E-state index in [1.165, 1.54) is 15.7 Å². The fourth-order valence-corrected chi connectivity index (χ4v) is 2.63. The van der Waals surface area contributed by atoms with Gasteiger partial charge in [-0.25, -0.2) is 4.98 Å². The number of hydrogen-bond donors (Lipinski definition) is 2. The average Bonchev–Trinajstić information content (AvgIpc) is 3.33. The summed E-state index contributed by atoms with van der Waals surface area (Å²) in [5, 5.41) is 13.6. The molecule has 0 atom stereocenters. The van der Waals surface area contributed by atoms with Crippen molar-refractivity contribution in [2.75, 3.05) is 56.0 Å². The first-order valence-electron chi connectivity index (χ1n) is 8.23. The second-order valence-corrected chi connectivity index (χ2v) is 5.73. The summed E-state index contributed by atoms with van der Waals surface area (Å²) in [4.78, 5) is 23.8. The number of furan rings is 1. The van der Waals surface area contributed by atoms with Gasteiger partial charge in [-0.2, -0.15) is 9.50 Å². The highest BCUT2D eigenvalue weighted by Gasteiger charge is 2.24. The first-order valence-corrected chi connectivity index (χ1v) is 8.23. The molecule has 0 saturated heterocycles. The Morgan fingerprint density at radius 1 is 1.41 bits per heavy atom. The van der Waals surface area contributed by atoms with Crippen molar-refractivity contribution in [1.82, 2.24) is 19.6 Å². The number of aliphatic hydroxyl groups excluding tert-OH is 1. The molecule has 3 aromatic heterocycles. The van der Waals surface area contributed by atoms with E-state index >= 15 is 0 Å². The van der Waals surface area contributed by atoms with Gasteiger partial charge in [0.25, 0.3) is 0 Å². The lowest BCUT2D eigenvalue weighted by molar-refractivity contribution is -0.107. The molecule has 0 unspecified atom stereocenters. The van der Waals surface area contributed by atoms with Crippen molar-refractivity contribution in [3.63, 3.8) is 0 Å². The van der Waals surface area contributed by atoms with Crippen LogP contribution < -0.4 is 15.5 Å². The van der Waals surface area contributed by atoms with Crippen LogP contribution in [0.5, 0.6) is 0 Å². The number of carbonyl (C=O) groups excluding carboxylic acids is 1. The van der Waals surface area contributed by atoms with Crippen molar-refractivity contribution in [1.29, 1.82) is 0 Å². The Balaban J connectivity index is 2.23. The van der Waals surface area contributed by atoms with E-state index < -0.39 is 0 Å². The van der Waals surface area contributed by atoms with E-state index in [1.807, 2.05) is 0 Å². The smallest absolute Gasteiger partial charge is 0.225 e. The maximum absolute atomic E-state index is 11.8. The fourth-order valence-electron chi connectivity index (χ4n) is 2.63. The summed E-state index contributed by atoms with van der Waals surface area (Å²) in [7, 11) is 3.28. The lowest BCUT2D eigenvalue weighted by Gasteiger charge is -2.25. The molecular weight excluding hydrogens is 354 g/mol. The minimum atomic E-state index is -0.0911. The van der Waals surface area contributed by atoms with Crippen LogP contribution in [-0.2, 0) is 9.53 Å². The maximum Gasteiger partial charge on any atom is 0.225 e. The van der Waals surface area contributed by atoms with Crippen molar-refractivity contribution >= 4 is 29.5 Å². The molecule has 11 heteroatoms. The number of amides is 1. The molecule has 0 aliphatic rings. The number of likely N-dealkylation sites (N-methyl/N-ethyl adjacent to an activating group) is 1. The first kappa shape index (κ1) is 18.6. The highest BCUT2D eigenvalue weighted by molar-refractivity contribution is 5.92. The summed E-state index contributed by atoms with van der Waals surface area (Å²) >= 11 is 0. The van der Waals surface area contributed by atoms with Crippen LogP contribution in [0.4, 0.5) is 17.5 Å². The van der Waals surface area contributed by atoms with Gasteiger partial charge in [0.15, 0.2) is 17.2 Å². The number of rotatable bonds is 9. The standard InChI is InChI=1S/C16H21N7O4/c1-21(5-7-24)14-12(22(10-25)6-9-26-2)15-18-13(11-4-3-8-27-11)20-23(15)16(17)19-14/h3-4,8,10,24H,5-7,9H2,1-2H3,(H2,17,19). The first-order chi connectivity index (χ1) is 13.1. The molecule has 0 fully saturated rings. The van der Waals surface area contributed by atoms with E-state index in [-0.39, 0.29) is 19.1 Å². The lowest BCUT2D eigenvalue weighted by atomic mass is 10.3. The summed E-state index contributed by atoms with van der Waals surface area (Å²) in [5.41, 5.74) is 6.83. The molecular formula is C16H21N7O4. The molecule has 0 aromatic carbocycles. The van der Waals surface area contributed by atoms with E-state index in [0.29, 0.717) is 48.3 Å². The molecule has 27 heavy (non-hydrogen) atoms. The number of nitrogens with zero attached hydrogens (tertiary/aromatic N) is 6. The fraction of sp³-hybridized carbons (Fsp3) is 0.375. The topological polar surface area (TPSA) is 135 Å². The third-order valence-corrected chi connectivity index (χ3v) is 3.96. The second kappa shape index (κ2) is 8.01. The minimum absolute atomic E-state index is 0.0911. The van der Waals surface area contributed by atoms with Gasteiger partial charge in [0.05, 0.1) is 19.5 Å². The number of ether oxygens (including phenoxy) is 1. The number of carbonyl (C=O) groups is 1. The molecule has 1 amide bonds. The minimum Gasteiger partial charge on any atom is -0.461 e. The van der Waals surface area contributed by atoms with Crippen LogP contribution in [-0.4, -0.2) is 71.6 Å². The molecule has 144 valence electrons. The van der Waals surface area contributed by atoms with Crippen molar-refractivity contribution < 1.29 is 19.1 Å². The van der Waals surface area contributed by atoms with Crippen molar-refractivity contribution in [3.05, 3.63) is 18.4 Å². The number of aliphatic hydroxyl groups is 1. The molecule has 3 N–H and O–H groups in total. The molecule has 0 bridgehead atoms. The predicted molar refractivity (Wildman–Crippen MR) is 98.5 cm³/mol. The van der Waals surface area contributed by atoms with E-state index in [4.69, 9.17) is 14.9 Å². The second-order valence-electron chi connectivity index (χ2n) is 5.73. The van der Waals surface area contributed by atoms with Gasteiger partial charge in [0, 0.05) is 27.2 Å². The summed E-state index contributed by atoms with van der Waals surface area (Å²) in [6, 6.07) is 3.44. The Kier molecular flexibility index (Phi) is 5.52. The van der Waals surface area contributed by atoms with Gasteiger partial charge in [0.2, 0.25) is 18.2 Å². The number of methoxy groups -OCH3 is 1. The van der Waals surface area contributed by atoms with Gasteiger partial charge < -0.3 is 29.8 Å². The Hall–Kier alpha value is -3.18. The van der Waals surface area contributed by atoms with Crippen LogP contribution in [0.25, 0.3) is 17.2 Å². The highest BCUT2D eigenvalue weighted by Crippen LogP contribution is 2.33. The predicted octanol–water partition coefficient (Wildman–Crippen LogP) is 0.00420. The number of fused-ring (bicyclic) bond motifs is 1. The lowest BCUT2D eigenvalue weighted by Crippen LogP contribution is -2.31. The zero-order valence-electron chi connectivity index (χ0n) is 15.1. The summed E-state index contributed by atoms with van der Waals surface area (Å²) in [6.45, 7) is 0.805. The Bertz CT molecular complexity index is 909. The van der Waals surface area contributed by atoms with E-state index in [9.17, 15) is 9.90 Å². The van der Waals surface area contributed by atoms with Crippen LogP contribution in [0.1, 0.15) is 0 Å². The van der Waals surface area contributed by atoms with Gasteiger partial charge in [-0.1, -0.05) is 0 Å². The number of anilines is 3. The summed E-state index contributed by atoms with van der Waals surface area (Å²) in [6.07, 6.45) is 2.18. The third-order valence-electron chi connectivity index (χ3n) is 3.96. The molecule has 3 heterocycles. The average molecular weight is 375 g/mol. The highest BCUT2D eigenvalue weighted by atomic mass is 16.5. The van der Waals surface area contributed by atoms with Gasteiger partial charge in [0.1, 0.15) is 5.69 Å². The van der Waals surface area contributed by atoms with Crippen molar-refractivity contribution in [2.45, 2.75) is 0 Å². The van der Waals surface area contributed by atoms with Crippen molar-refractivity contribution in [3.8, 4) is 11.6 Å². The van der Waals surface area contributed by atoms with Gasteiger partial charge in [-0.3, -0.25) is 4.79 Å². The molecule has 0 spiro atoms. The molecule has 11 nitrogen and oxygen atoms in total. The Labute approximate surface area is 155 Å². The monoisotopic (exact) mass is 375 g/mol. The number of nitrogen functional groups attached to an aromatic ring is 1. The normalized spacial score (nSPS) is 11.1. The maximum atomic E-state index is 11.8. The van der Waals surface area contributed by atoms with Crippen LogP contribution in [0.3, 0.4) is 0 Å². The zero-order chi connectivity index (χ0) is 19.4. The van der Waals surface area contributed by atoms with Gasteiger partial charge in [-0.15, -0.1) is 5.10 Å². The Morgan fingerprint density at radius 3 is 2.85 bits per heavy atom. The quantitative estimate of drug-likeness (QED) is 0.495. The molecule has 3 aromatic rings. The van der Waals surface area contributed by atoms with Gasteiger partial charge in [-0.05, 0) is 12.1 Å². The Morgan fingerprint density at radius 2 is 2.22 bits per heavy atom. The molecule has 0 radical (unpaired) electrons. The third kappa shape index (κ3) is 3.55. The number of hydrogen-bond acceptors (Lipinski definition) is 9. The van der Waals surface area contributed by atoms with E-state index in [2.05, 4.69) is 15.1 Å². The van der Waals surface area contributed by atoms with Gasteiger partial charge >= 0.3 is 0 Å². The number of aromatic nitrogens is 4. The van der Waals surface area contributed by atoms with Crippen LogP contribution >= 0.6 is 0 Å². The molecule has 0 aliphatic carbocycles. The van der Waals surface area contributed by atoms with E-state index in [0.717, 1.165) is 0 Å². The SMILES string of the molecule is COCCN(C=O)c1c(N(C)CCO)nc(N)n2nc(-c3ccco3)nc12. The van der Waals surface area contributed by atoms with Crippen LogP contribution in [0, 0.1) is 0 Å². The molecule has 0 saturated carbocycles. The summed E-state index contributed by atoms with van der Waals surface area (Å²) < 4.78 is 11.8. The molecule has 3 rings (SSSR count). The van der Waals surface area contributed by atoms with Crippen LogP contribution in [0.15, 0.2) is 22.8 Å². The number of nitrogens with two attached hydrogens (primary N) is 1. The molecule has 0 aliphatic heterocycles.